The molecule has 17 heavy (non-hydrogen) atoms. The molecule has 1 aliphatic heterocycles. The molecular formula is C13H18N4. The van der Waals surface area contributed by atoms with Crippen LogP contribution in [0.15, 0.2) is 24.5 Å². The Labute approximate surface area is 101 Å². The summed E-state index contributed by atoms with van der Waals surface area (Å²) in [5.41, 5.74) is 3.61. The number of aromatic nitrogens is 2. The van der Waals surface area contributed by atoms with E-state index in [1.165, 1.54) is 11.2 Å². The van der Waals surface area contributed by atoms with Crippen molar-refractivity contribution >= 4 is 16.7 Å². The molecule has 0 aliphatic carbocycles. The number of fused-ring (bicyclic) bond motifs is 1. The Kier molecular flexibility index (Phi) is 2.52. The lowest BCUT2D eigenvalue weighted by Crippen LogP contribution is -2.44. The number of nitrogens with zero attached hydrogens (tertiary/aromatic N) is 4. The number of likely N-dealkylation sites (N-methyl/N-ethyl adjacent to an activating group) is 1. The quantitative estimate of drug-likeness (QED) is 0.738. The van der Waals surface area contributed by atoms with Gasteiger partial charge in [-0.05, 0) is 19.2 Å². The third-order valence-electron chi connectivity index (χ3n) is 3.58. The second-order valence-corrected chi connectivity index (χ2v) is 4.79. The molecule has 1 aliphatic rings. The van der Waals surface area contributed by atoms with E-state index in [9.17, 15) is 0 Å². The average molecular weight is 230 g/mol. The summed E-state index contributed by atoms with van der Waals surface area (Å²) in [6.07, 6.45) is 1.89. The highest BCUT2D eigenvalue weighted by atomic mass is 15.3. The van der Waals surface area contributed by atoms with E-state index in [1.54, 1.807) is 0 Å². The molecule has 0 saturated carbocycles. The maximum atomic E-state index is 4.52. The normalized spacial score (nSPS) is 17.9. The summed E-state index contributed by atoms with van der Waals surface area (Å²) in [5.74, 6) is 0. The van der Waals surface area contributed by atoms with E-state index >= 15 is 0 Å². The molecule has 0 bridgehead atoms. The van der Waals surface area contributed by atoms with Gasteiger partial charge in [0.05, 0.1) is 17.5 Å². The van der Waals surface area contributed by atoms with Crippen LogP contribution < -0.4 is 4.90 Å². The van der Waals surface area contributed by atoms with E-state index in [4.69, 9.17) is 0 Å². The van der Waals surface area contributed by atoms with Crippen molar-refractivity contribution in [1.82, 2.24) is 14.5 Å². The van der Waals surface area contributed by atoms with Gasteiger partial charge in [-0.1, -0.05) is 6.07 Å². The van der Waals surface area contributed by atoms with E-state index in [0.29, 0.717) is 0 Å². The third kappa shape index (κ3) is 1.78. The molecular weight excluding hydrogens is 212 g/mol. The van der Waals surface area contributed by atoms with Crippen LogP contribution in [0, 0.1) is 0 Å². The molecule has 0 unspecified atom stereocenters. The van der Waals surface area contributed by atoms with E-state index < -0.39 is 0 Å². The number of aryl methyl sites for hydroxylation is 1. The Bertz CT molecular complexity index is 523. The standard InChI is InChI=1S/C13H18N4/c1-15-6-8-17(9-7-15)12-5-3-4-11-13(12)14-10-16(11)2/h3-5,10H,6-9H2,1-2H3. The Morgan fingerprint density at radius 3 is 2.59 bits per heavy atom. The van der Waals surface area contributed by atoms with Crippen molar-refractivity contribution in [1.29, 1.82) is 0 Å². The predicted molar refractivity (Wildman–Crippen MR) is 70.4 cm³/mol. The maximum Gasteiger partial charge on any atom is 0.112 e. The van der Waals surface area contributed by atoms with Crippen LogP contribution in [0.5, 0.6) is 0 Å². The van der Waals surface area contributed by atoms with Gasteiger partial charge in [-0.3, -0.25) is 0 Å². The molecule has 0 N–H and O–H groups in total. The first-order valence-corrected chi connectivity index (χ1v) is 6.09. The predicted octanol–water partition coefficient (Wildman–Crippen LogP) is 1.33. The lowest BCUT2D eigenvalue weighted by atomic mass is 10.2. The van der Waals surface area contributed by atoms with Crippen molar-refractivity contribution in [3.8, 4) is 0 Å². The molecule has 0 radical (unpaired) electrons. The highest BCUT2D eigenvalue weighted by molar-refractivity contribution is 5.89. The maximum absolute atomic E-state index is 4.52. The number of anilines is 1. The fourth-order valence-electron chi connectivity index (χ4n) is 2.45. The molecule has 1 saturated heterocycles. The SMILES string of the molecule is CN1CCN(c2cccc3c2ncn3C)CC1. The first-order valence-electron chi connectivity index (χ1n) is 6.09. The van der Waals surface area contributed by atoms with E-state index in [-0.39, 0.29) is 0 Å². The van der Waals surface area contributed by atoms with Gasteiger partial charge in [-0.15, -0.1) is 0 Å². The topological polar surface area (TPSA) is 24.3 Å². The molecule has 0 amide bonds. The van der Waals surface area contributed by atoms with Crippen LogP contribution in [-0.2, 0) is 7.05 Å². The van der Waals surface area contributed by atoms with Gasteiger partial charge in [0, 0.05) is 33.2 Å². The first-order chi connectivity index (χ1) is 8.25. The van der Waals surface area contributed by atoms with Gasteiger partial charge in [0.2, 0.25) is 0 Å². The van der Waals surface area contributed by atoms with Gasteiger partial charge in [0.25, 0.3) is 0 Å². The summed E-state index contributed by atoms with van der Waals surface area (Å²) < 4.78 is 2.08. The summed E-state index contributed by atoms with van der Waals surface area (Å²) in [7, 11) is 4.22. The smallest absolute Gasteiger partial charge is 0.112 e. The summed E-state index contributed by atoms with van der Waals surface area (Å²) >= 11 is 0. The van der Waals surface area contributed by atoms with E-state index in [1.807, 2.05) is 13.4 Å². The van der Waals surface area contributed by atoms with Crippen molar-refractivity contribution in [2.75, 3.05) is 38.1 Å². The number of piperazine rings is 1. The van der Waals surface area contributed by atoms with E-state index in [0.717, 1.165) is 31.7 Å². The zero-order chi connectivity index (χ0) is 11.8. The molecule has 1 aromatic carbocycles. The molecule has 1 aromatic heterocycles. The number of hydrogen-bond acceptors (Lipinski definition) is 3. The number of hydrogen-bond donors (Lipinski definition) is 0. The van der Waals surface area contributed by atoms with Gasteiger partial charge in [-0.2, -0.15) is 0 Å². The van der Waals surface area contributed by atoms with Crippen molar-refractivity contribution < 1.29 is 0 Å². The lowest BCUT2D eigenvalue weighted by molar-refractivity contribution is 0.313. The zero-order valence-corrected chi connectivity index (χ0v) is 10.4. The minimum absolute atomic E-state index is 1.09. The minimum atomic E-state index is 1.09. The monoisotopic (exact) mass is 230 g/mol. The van der Waals surface area contributed by atoms with Crippen molar-refractivity contribution in [3.63, 3.8) is 0 Å². The molecule has 3 rings (SSSR count). The minimum Gasteiger partial charge on any atom is -0.367 e. The first kappa shape index (κ1) is 10.6. The highest BCUT2D eigenvalue weighted by Crippen LogP contribution is 2.25. The molecule has 90 valence electrons. The largest absolute Gasteiger partial charge is 0.367 e. The zero-order valence-electron chi connectivity index (χ0n) is 10.4. The van der Waals surface area contributed by atoms with Crippen LogP contribution >= 0.6 is 0 Å². The van der Waals surface area contributed by atoms with Crippen LogP contribution in [0.1, 0.15) is 0 Å². The number of benzene rings is 1. The van der Waals surface area contributed by atoms with Gasteiger partial charge < -0.3 is 14.4 Å². The highest BCUT2D eigenvalue weighted by Gasteiger charge is 2.17. The van der Waals surface area contributed by atoms with E-state index in [2.05, 4.69) is 44.6 Å². The van der Waals surface area contributed by atoms with Crippen molar-refractivity contribution in [2.45, 2.75) is 0 Å². The molecule has 2 heterocycles. The Balaban J connectivity index is 2.00. The summed E-state index contributed by atoms with van der Waals surface area (Å²) in [5, 5.41) is 0. The number of para-hydroxylation sites is 1. The van der Waals surface area contributed by atoms with Gasteiger partial charge >= 0.3 is 0 Å². The van der Waals surface area contributed by atoms with Crippen molar-refractivity contribution in [3.05, 3.63) is 24.5 Å². The second-order valence-electron chi connectivity index (χ2n) is 4.79. The second kappa shape index (κ2) is 4.04. The Morgan fingerprint density at radius 1 is 1.06 bits per heavy atom. The Morgan fingerprint density at radius 2 is 1.82 bits per heavy atom. The number of rotatable bonds is 1. The fraction of sp³-hybridized carbons (Fsp3) is 0.462. The molecule has 4 nitrogen and oxygen atoms in total. The van der Waals surface area contributed by atoms with Crippen LogP contribution in [0.4, 0.5) is 5.69 Å². The fourth-order valence-corrected chi connectivity index (χ4v) is 2.45. The van der Waals surface area contributed by atoms with Crippen LogP contribution in [0.25, 0.3) is 11.0 Å². The summed E-state index contributed by atoms with van der Waals surface area (Å²) in [6, 6.07) is 6.43. The Hall–Kier alpha value is -1.55. The number of imidazole rings is 1. The van der Waals surface area contributed by atoms with Gasteiger partial charge in [-0.25, -0.2) is 4.98 Å². The van der Waals surface area contributed by atoms with Crippen molar-refractivity contribution in [2.24, 2.45) is 7.05 Å². The van der Waals surface area contributed by atoms with Crippen LogP contribution in [0.2, 0.25) is 0 Å². The molecule has 2 aromatic rings. The van der Waals surface area contributed by atoms with Crippen LogP contribution in [-0.4, -0.2) is 47.7 Å². The van der Waals surface area contributed by atoms with Gasteiger partial charge in [0.15, 0.2) is 0 Å². The molecule has 0 spiro atoms. The third-order valence-corrected chi connectivity index (χ3v) is 3.58. The van der Waals surface area contributed by atoms with Gasteiger partial charge in [0.1, 0.15) is 5.52 Å². The van der Waals surface area contributed by atoms with Crippen LogP contribution in [0.3, 0.4) is 0 Å². The lowest BCUT2D eigenvalue weighted by Gasteiger charge is -2.34. The molecule has 4 heteroatoms. The average Bonchev–Trinajstić information content (AvgIpc) is 2.73. The summed E-state index contributed by atoms with van der Waals surface area (Å²) in [6.45, 7) is 4.44. The molecule has 0 atom stereocenters. The summed E-state index contributed by atoms with van der Waals surface area (Å²) in [4.78, 5) is 9.33. The molecule has 1 fully saturated rings.